The maximum absolute atomic E-state index is 12.0. The summed E-state index contributed by atoms with van der Waals surface area (Å²) in [4.78, 5) is 23.3. The zero-order valence-electron chi connectivity index (χ0n) is 11.9. The summed E-state index contributed by atoms with van der Waals surface area (Å²) in [5.41, 5.74) is 1.32. The van der Waals surface area contributed by atoms with Crippen LogP contribution in [0.5, 0.6) is 0 Å². The van der Waals surface area contributed by atoms with E-state index in [0.717, 1.165) is 18.1 Å². The van der Waals surface area contributed by atoms with E-state index in [0.29, 0.717) is 17.8 Å². The average molecular weight is 308 g/mol. The lowest BCUT2D eigenvalue weighted by atomic mass is 10.2. The highest BCUT2D eigenvalue weighted by molar-refractivity contribution is 7.99. The van der Waals surface area contributed by atoms with Crippen molar-refractivity contribution in [1.29, 1.82) is 0 Å². The number of benzene rings is 1. The first kappa shape index (κ1) is 15.7. The molecule has 1 unspecified atom stereocenters. The van der Waals surface area contributed by atoms with Crippen LogP contribution in [0.15, 0.2) is 24.3 Å². The van der Waals surface area contributed by atoms with Crippen molar-refractivity contribution in [2.75, 3.05) is 35.7 Å². The molecular formula is C14H20N4O2S. The lowest BCUT2D eigenvalue weighted by Crippen LogP contribution is -2.39. The predicted octanol–water partition coefficient (Wildman–Crippen LogP) is 1.47. The number of carbonyl (C=O) groups is 2. The first-order chi connectivity index (χ1) is 10.2. The van der Waals surface area contributed by atoms with E-state index in [1.54, 1.807) is 31.3 Å². The van der Waals surface area contributed by atoms with Crippen LogP contribution in [0, 0.1) is 0 Å². The number of carbonyl (C=O) groups excluding carboxylic acids is 2. The van der Waals surface area contributed by atoms with Gasteiger partial charge in [-0.1, -0.05) is 6.07 Å². The molecule has 0 aromatic heterocycles. The van der Waals surface area contributed by atoms with Gasteiger partial charge in [-0.05, 0) is 18.2 Å². The number of amides is 3. The van der Waals surface area contributed by atoms with E-state index < -0.39 is 0 Å². The second kappa shape index (κ2) is 7.90. The van der Waals surface area contributed by atoms with Crippen LogP contribution in [0.2, 0.25) is 0 Å². The summed E-state index contributed by atoms with van der Waals surface area (Å²) >= 11 is 1.87. The number of nitrogens with one attached hydrogen (secondary N) is 4. The Labute approximate surface area is 128 Å². The van der Waals surface area contributed by atoms with Gasteiger partial charge in [-0.3, -0.25) is 4.79 Å². The van der Waals surface area contributed by atoms with Gasteiger partial charge in [-0.2, -0.15) is 11.8 Å². The van der Waals surface area contributed by atoms with E-state index in [4.69, 9.17) is 0 Å². The molecule has 1 fully saturated rings. The quantitative estimate of drug-likeness (QED) is 0.679. The Hall–Kier alpha value is -1.73. The minimum atomic E-state index is -0.290. The maximum Gasteiger partial charge on any atom is 0.318 e. The molecule has 1 aliphatic heterocycles. The molecule has 0 aliphatic carbocycles. The standard InChI is InChI=1S/C14H20N4O2S/c1-15-14(20)18-11-4-2-3-10(7-11)17-13(19)8-12-9-21-6-5-16-12/h2-4,7,12,16H,5-6,8-9H2,1H3,(H,17,19)(H2,15,18,20). The van der Waals surface area contributed by atoms with E-state index in [1.807, 2.05) is 11.8 Å². The Balaban J connectivity index is 1.87. The Morgan fingerprint density at radius 1 is 1.33 bits per heavy atom. The molecule has 0 saturated carbocycles. The SMILES string of the molecule is CNC(=O)Nc1cccc(NC(=O)CC2CSCCN2)c1. The minimum absolute atomic E-state index is 0.0212. The molecular weight excluding hydrogens is 288 g/mol. The lowest BCUT2D eigenvalue weighted by molar-refractivity contribution is -0.116. The van der Waals surface area contributed by atoms with Gasteiger partial charge in [0.1, 0.15) is 0 Å². The summed E-state index contributed by atoms with van der Waals surface area (Å²) in [5.74, 6) is 2.05. The molecule has 1 aromatic carbocycles. The van der Waals surface area contributed by atoms with Crippen LogP contribution in [0.3, 0.4) is 0 Å². The number of anilines is 2. The summed E-state index contributed by atoms with van der Waals surface area (Å²) < 4.78 is 0. The second-order valence-electron chi connectivity index (χ2n) is 4.76. The Morgan fingerprint density at radius 3 is 2.76 bits per heavy atom. The third-order valence-electron chi connectivity index (χ3n) is 3.06. The largest absolute Gasteiger partial charge is 0.341 e. The molecule has 3 amide bonds. The van der Waals surface area contributed by atoms with Crippen molar-refractivity contribution in [2.45, 2.75) is 12.5 Å². The normalized spacial score (nSPS) is 17.9. The van der Waals surface area contributed by atoms with Crippen molar-refractivity contribution in [3.8, 4) is 0 Å². The molecule has 0 bridgehead atoms. The van der Waals surface area contributed by atoms with Gasteiger partial charge in [-0.25, -0.2) is 4.79 Å². The van der Waals surface area contributed by atoms with E-state index in [2.05, 4.69) is 21.3 Å². The van der Waals surface area contributed by atoms with Gasteiger partial charge < -0.3 is 21.3 Å². The Morgan fingerprint density at radius 2 is 2.10 bits per heavy atom. The highest BCUT2D eigenvalue weighted by atomic mass is 32.2. The fourth-order valence-electron chi connectivity index (χ4n) is 2.05. The number of urea groups is 1. The van der Waals surface area contributed by atoms with Crippen molar-refractivity contribution in [2.24, 2.45) is 0 Å². The molecule has 2 rings (SSSR count). The highest BCUT2D eigenvalue weighted by Gasteiger charge is 2.16. The van der Waals surface area contributed by atoms with Crippen LogP contribution in [0.25, 0.3) is 0 Å². The molecule has 0 radical (unpaired) electrons. The first-order valence-electron chi connectivity index (χ1n) is 6.87. The van der Waals surface area contributed by atoms with Gasteiger partial charge in [0.05, 0.1) is 0 Å². The van der Waals surface area contributed by atoms with Crippen molar-refractivity contribution >= 4 is 35.1 Å². The third kappa shape index (κ3) is 5.28. The van der Waals surface area contributed by atoms with Crippen LogP contribution in [0.1, 0.15) is 6.42 Å². The van der Waals surface area contributed by atoms with Crippen molar-refractivity contribution < 1.29 is 9.59 Å². The first-order valence-corrected chi connectivity index (χ1v) is 8.02. The molecule has 0 spiro atoms. The van der Waals surface area contributed by atoms with Gasteiger partial charge in [-0.15, -0.1) is 0 Å². The van der Waals surface area contributed by atoms with Crippen LogP contribution in [-0.2, 0) is 4.79 Å². The van der Waals surface area contributed by atoms with E-state index in [9.17, 15) is 9.59 Å². The number of hydrogen-bond donors (Lipinski definition) is 4. The lowest BCUT2D eigenvalue weighted by Gasteiger charge is -2.22. The molecule has 21 heavy (non-hydrogen) atoms. The van der Waals surface area contributed by atoms with E-state index in [1.165, 1.54) is 0 Å². The molecule has 1 aliphatic rings. The van der Waals surface area contributed by atoms with Crippen LogP contribution < -0.4 is 21.3 Å². The molecule has 4 N–H and O–H groups in total. The van der Waals surface area contributed by atoms with Crippen molar-refractivity contribution in [3.63, 3.8) is 0 Å². The number of thioether (sulfide) groups is 1. The summed E-state index contributed by atoms with van der Waals surface area (Å²) in [6.07, 6.45) is 0.458. The molecule has 1 aromatic rings. The second-order valence-corrected chi connectivity index (χ2v) is 5.91. The zero-order valence-corrected chi connectivity index (χ0v) is 12.8. The number of hydrogen-bond acceptors (Lipinski definition) is 4. The van der Waals surface area contributed by atoms with Crippen molar-refractivity contribution in [1.82, 2.24) is 10.6 Å². The van der Waals surface area contributed by atoms with Crippen LogP contribution >= 0.6 is 11.8 Å². The topological polar surface area (TPSA) is 82.3 Å². The van der Waals surface area contributed by atoms with E-state index >= 15 is 0 Å². The molecule has 6 nitrogen and oxygen atoms in total. The predicted molar refractivity (Wildman–Crippen MR) is 86.9 cm³/mol. The summed E-state index contributed by atoms with van der Waals surface area (Å²) in [7, 11) is 1.55. The van der Waals surface area contributed by atoms with Crippen LogP contribution in [0.4, 0.5) is 16.2 Å². The van der Waals surface area contributed by atoms with Gasteiger partial charge in [0.2, 0.25) is 5.91 Å². The van der Waals surface area contributed by atoms with Gasteiger partial charge in [0, 0.05) is 48.9 Å². The monoisotopic (exact) mass is 308 g/mol. The fourth-order valence-corrected chi connectivity index (χ4v) is 3.00. The number of rotatable bonds is 4. The molecule has 114 valence electrons. The third-order valence-corrected chi connectivity index (χ3v) is 4.19. The van der Waals surface area contributed by atoms with E-state index in [-0.39, 0.29) is 18.0 Å². The molecule has 1 saturated heterocycles. The van der Waals surface area contributed by atoms with Gasteiger partial charge in [0.15, 0.2) is 0 Å². The fraction of sp³-hybridized carbons (Fsp3) is 0.429. The molecule has 7 heteroatoms. The molecule has 1 heterocycles. The smallest absolute Gasteiger partial charge is 0.318 e. The van der Waals surface area contributed by atoms with Gasteiger partial charge in [0.25, 0.3) is 0 Å². The Kier molecular flexibility index (Phi) is 5.89. The minimum Gasteiger partial charge on any atom is -0.341 e. The average Bonchev–Trinajstić information content (AvgIpc) is 2.48. The maximum atomic E-state index is 12.0. The Bertz CT molecular complexity index is 504. The highest BCUT2D eigenvalue weighted by Crippen LogP contribution is 2.16. The summed E-state index contributed by atoms with van der Waals surface area (Å²) in [5, 5.41) is 11.3. The zero-order chi connectivity index (χ0) is 15.1. The molecule has 1 atom stereocenters. The van der Waals surface area contributed by atoms with Gasteiger partial charge >= 0.3 is 6.03 Å². The summed E-state index contributed by atoms with van der Waals surface area (Å²) in [6.45, 7) is 0.953. The van der Waals surface area contributed by atoms with Crippen LogP contribution in [-0.4, -0.2) is 43.1 Å². The van der Waals surface area contributed by atoms with Crippen molar-refractivity contribution in [3.05, 3.63) is 24.3 Å². The summed E-state index contributed by atoms with van der Waals surface area (Å²) in [6, 6.07) is 7.03.